The minimum absolute atomic E-state index is 0.0321. The summed E-state index contributed by atoms with van der Waals surface area (Å²) in [6.07, 6.45) is 12.7. The van der Waals surface area contributed by atoms with Gasteiger partial charge in [-0.05, 0) is 32.6 Å². The minimum atomic E-state index is -0.0355. The number of guanidine groups is 2. The zero-order valence-electron chi connectivity index (χ0n) is 15.2. The largest absolute Gasteiger partial charge is 0.369 e. The molecule has 0 bridgehead atoms. The molecule has 2 fully saturated rings. The molecule has 8 nitrogen and oxygen atoms in total. The number of nitrogens with one attached hydrogen (secondary N) is 2. The van der Waals surface area contributed by atoms with Crippen LogP contribution in [0.25, 0.3) is 0 Å². The number of rotatable bonds is 5. The lowest BCUT2D eigenvalue weighted by atomic mass is 9.95. The van der Waals surface area contributed by atoms with E-state index in [1.165, 1.54) is 12.8 Å². The van der Waals surface area contributed by atoms with Crippen molar-refractivity contribution in [1.29, 1.82) is 10.8 Å². The maximum Gasteiger partial charge on any atom is 0.209 e. The van der Waals surface area contributed by atoms with Crippen LogP contribution in [0.4, 0.5) is 0 Å². The average Bonchev–Trinajstić information content (AvgIpc) is 2.61. The molecule has 6 N–H and O–H groups in total. The predicted molar refractivity (Wildman–Crippen MR) is 103 cm³/mol. The van der Waals surface area contributed by atoms with E-state index in [-0.39, 0.29) is 24.0 Å². The molecule has 0 aromatic rings. The van der Waals surface area contributed by atoms with Crippen LogP contribution in [0.15, 0.2) is 10.2 Å². The van der Waals surface area contributed by atoms with Gasteiger partial charge in [0.2, 0.25) is 11.9 Å². The van der Waals surface area contributed by atoms with Crippen LogP contribution >= 0.6 is 0 Å². The molecule has 0 saturated heterocycles. The highest BCUT2D eigenvalue weighted by Crippen LogP contribution is 2.23. The highest BCUT2D eigenvalue weighted by Gasteiger charge is 2.23. The van der Waals surface area contributed by atoms with E-state index < -0.39 is 0 Å². The van der Waals surface area contributed by atoms with E-state index in [1.54, 1.807) is 16.2 Å². The number of hydrazone groups is 2. The SMILES string of the molecule is CC(/C=N\N(C(=N)N)C1CCCCC1)=N/N(C(=N)N)C1CCCCC1. The number of hydrogen-bond donors (Lipinski definition) is 4. The van der Waals surface area contributed by atoms with Gasteiger partial charge >= 0.3 is 0 Å². The van der Waals surface area contributed by atoms with Crippen LogP contribution in [0.1, 0.15) is 71.1 Å². The van der Waals surface area contributed by atoms with Crippen molar-refractivity contribution >= 4 is 23.8 Å². The second-order valence-electron chi connectivity index (χ2n) is 7.03. The van der Waals surface area contributed by atoms with Gasteiger partial charge in [0.05, 0.1) is 24.0 Å². The van der Waals surface area contributed by atoms with Crippen molar-refractivity contribution < 1.29 is 0 Å². The fourth-order valence-corrected chi connectivity index (χ4v) is 3.68. The van der Waals surface area contributed by atoms with E-state index in [0.29, 0.717) is 5.71 Å². The monoisotopic (exact) mass is 348 g/mol. The molecule has 0 spiro atoms. The van der Waals surface area contributed by atoms with Gasteiger partial charge in [-0.3, -0.25) is 10.8 Å². The van der Waals surface area contributed by atoms with Crippen LogP contribution in [0, 0.1) is 10.8 Å². The second-order valence-corrected chi connectivity index (χ2v) is 7.03. The van der Waals surface area contributed by atoms with Crippen LogP contribution < -0.4 is 11.5 Å². The van der Waals surface area contributed by atoms with E-state index in [1.807, 2.05) is 6.92 Å². The van der Waals surface area contributed by atoms with Gasteiger partial charge in [-0.15, -0.1) is 0 Å². The van der Waals surface area contributed by atoms with Crippen molar-refractivity contribution in [1.82, 2.24) is 10.0 Å². The van der Waals surface area contributed by atoms with Crippen molar-refractivity contribution in [2.24, 2.45) is 21.7 Å². The minimum Gasteiger partial charge on any atom is -0.369 e. The van der Waals surface area contributed by atoms with E-state index in [2.05, 4.69) is 10.2 Å². The summed E-state index contributed by atoms with van der Waals surface area (Å²) >= 11 is 0. The summed E-state index contributed by atoms with van der Waals surface area (Å²) in [7, 11) is 0. The first-order valence-electron chi connectivity index (χ1n) is 9.34. The standard InChI is InChI=1S/C17H32N8/c1-13(23-25(17(20)21)15-10-6-3-7-11-15)12-22-24(16(18)19)14-8-4-2-5-9-14/h12,14-15H,2-11H2,1H3,(H3,18,19)(H3,20,21)/b22-12-,23-13-. The van der Waals surface area contributed by atoms with Crippen LogP contribution in [0.2, 0.25) is 0 Å². The summed E-state index contributed by atoms with van der Waals surface area (Å²) in [5.41, 5.74) is 12.1. The molecule has 140 valence electrons. The molecule has 25 heavy (non-hydrogen) atoms. The fourth-order valence-electron chi connectivity index (χ4n) is 3.68. The molecule has 0 atom stereocenters. The Hall–Kier alpha value is -2.12. The molecule has 8 heteroatoms. The Labute approximate surface area is 150 Å². The normalized spacial score (nSPS) is 20.6. The lowest BCUT2D eigenvalue weighted by molar-refractivity contribution is 0.247. The van der Waals surface area contributed by atoms with E-state index in [4.69, 9.17) is 22.3 Å². The molecule has 0 radical (unpaired) electrons. The van der Waals surface area contributed by atoms with Gasteiger partial charge in [-0.2, -0.15) is 10.2 Å². The first kappa shape index (κ1) is 19.2. The molecule has 0 heterocycles. The molecular weight excluding hydrogens is 316 g/mol. The fraction of sp³-hybridized carbons (Fsp3) is 0.765. The Bertz CT molecular complexity index is 515. The topological polar surface area (TPSA) is 131 Å². The summed E-state index contributed by atoms with van der Waals surface area (Å²) in [6.45, 7) is 1.83. The predicted octanol–water partition coefficient (Wildman–Crippen LogP) is 2.40. The highest BCUT2D eigenvalue weighted by molar-refractivity contribution is 6.29. The maximum atomic E-state index is 7.81. The van der Waals surface area contributed by atoms with Crippen LogP contribution in [0.5, 0.6) is 0 Å². The molecule has 2 aliphatic carbocycles. The Morgan fingerprint density at radius 2 is 1.28 bits per heavy atom. The van der Waals surface area contributed by atoms with E-state index in [0.717, 1.165) is 51.4 Å². The smallest absolute Gasteiger partial charge is 0.209 e. The van der Waals surface area contributed by atoms with Crippen LogP contribution in [-0.4, -0.2) is 45.9 Å². The molecule has 0 aromatic carbocycles. The maximum absolute atomic E-state index is 7.81. The van der Waals surface area contributed by atoms with Gasteiger partial charge in [0.1, 0.15) is 0 Å². The van der Waals surface area contributed by atoms with Gasteiger partial charge in [-0.1, -0.05) is 38.5 Å². The Morgan fingerprint density at radius 1 is 0.840 bits per heavy atom. The molecule has 2 saturated carbocycles. The van der Waals surface area contributed by atoms with Crippen molar-refractivity contribution in [3.05, 3.63) is 0 Å². The highest BCUT2D eigenvalue weighted by atomic mass is 15.5. The zero-order valence-corrected chi connectivity index (χ0v) is 15.2. The summed E-state index contributed by atoms with van der Waals surface area (Å²) in [5, 5.41) is 27.7. The molecule has 0 aliphatic heterocycles. The van der Waals surface area contributed by atoms with E-state index in [9.17, 15) is 0 Å². The van der Waals surface area contributed by atoms with Gasteiger partial charge in [0, 0.05) is 0 Å². The summed E-state index contributed by atoms with van der Waals surface area (Å²) in [6, 6.07) is 0.384. The van der Waals surface area contributed by atoms with Crippen molar-refractivity contribution in [3.8, 4) is 0 Å². The van der Waals surface area contributed by atoms with Crippen molar-refractivity contribution in [2.45, 2.75) is 83.2 Å². The van der Waals surface area contributed by atoms with Crippen molar-refractivity contribution in [3.63, 3.8) is 0 Å². The Morgan fingerprint density at radius 3 is 1.72 bits per heavy atom. The second kappa shape index (κ2) is 9.39. The third-order valence-electron chi connectivity index (χ3n) is 4.97. The molecule has 2 rings (SSSR count). The summed E-state index contributed by atoms with van der Waals surface area (Å²) < 4.78 is 0. The van der Waals surface area contributed by atoms with Crippen molar-refractivity contribution in [2.75, 3.05) is 0 Å². The van der Waals surface area contributed by atoms with Crippen LogP contribution in [0.3, 0.4) is 0 Å². The molecular formula is C17H32N8. The number of hydrogen-bond acceptors (Lipinski definition) is 4. The van der Waals surface area contributed by atoms with Gasteiger partial charge < -0.3 is 11.5 Å². The van der Waals surface area contributed by atoms with Crippen LogP contribution in [-0.2, 0) is 0 Å². The average molecular weight is 348 g/mol. The third-order valence-corrected chi connectivity index (χ3v) is 4.97. The molecule has 0 aromatic heterocycles. The number of nitrogens with zero attached hydrogens (tertiary/aromatic N) is 4. The van der Waals surface area contributed by atoms with Gasteiger partial charge in [0.15, 0.2) is 0 Å². The first-order chi connectivity index (χ1) is 12.0. The Kier molecular flexibility index (Phi) is 7.21. The summed E-state index contributed by atoms with van der Waals surface area (Å²) in [4.78, 5) is 0. The van der Waals surface area contributed by atoms with Gasteiger partial charge in [0.25, 0.3) is 0 Å². The quantitative estimate of drug-likeness (QED) is 0.345. The molecule has 0 amide bonds. The third kappa shape index (κ3) is 5.72. The lowest BCUT2D eigenvalue weighted by Gasteiger charge is -2.31. The molecule has 0 unspecified atom stereocenters. The Balaban J connectivity index is 2.06. The lowest BCUT2D eigenvalue weighted by Crippen LogP contribution is -2.42. The number of nitrogens with two attached hydrogens (primary N) is 2. The van der Waals surface area contributed by atoms with Gasteiger partial charge in [-0.25, -0.2) is 10.0 Å². The first-order valence-corrected chi connectivity index (χ1v) is 9.34. The summed E-state index contributed by atoms with van der Waals surface area (Å²) in [5.74, 6) is -0.0676. The molecule has 2 aliphatic rings. The zero-order chi connectivity index (χ0) is 18.2. The van der Waals surface area contributed by atoms with E-state index >= 15 is 0 Å².